The predicted octanol–water partition coefficient (Wildman–Crippen LogP) is -0.787. The van der Waals surface area contributed by atoms with Crippen LogP contribution < -0.4 is 11.1 Å². The summed E-state index contributed by atoms with van der Waals surface area (Å²) in [5, 5.41) is 22.7. The molecule has 2 aliphatic rings. The van der Waals surface area contributed by atoms with Gasteiger partial charge in [0, 0.05) is 19.0 Å². The molecule has 0 aromatic carbocycles. The summed E-state index contributed by atoms with van der Waals surface area (Å²) in [6.07, 6.45) is 0.944. The van der Waals surface area contributed by atoms with E-state index in [1.165, 1.54) is 0 Å². The number of nitrogens with one attached hydrogen (secondary N) is 1. The molecule has 2 unspecified atom stereocenters. The summed E-state index contributed by atoms with van der Waals surface area (Å²) >= 11 is 0. The Morgan fingerprint density at radius 1 is 1.24 bits per heavy atom. The van der Waals surface area contributed by atoms with Gasteiger partial charge in [0.15, 0.2) is 0 Å². The summed E-state index contributed by atoms with van der Waals surface area (Å²) in [5.74, 6) is 0.660. The fourth-order valence-corrected chi connectivity index (χ4v) is 2.71. The zero-order valence-electron chi connectivity index (χ0n) is 10.4. The van der Waals surface area contributed by atoms with Gasteiger partial charge < -0.3 is 26.0 Å². The van der Waals surface area contributed by atoms with Gasteiger partial charge >= 0.3 is 0 Å². The third kappa shape index (κ3) is 3.39. The Hall–Kier alpha value is -0.200. The number of rotatable bonds is 4. The summed E-state index contributed by atoms with van der Waals surface area (Å²) in [7, 11) is 0. The van der Waals surface area contributed by atoms with Crippen molar-refractivity contribution in [1.82, 2.24) is 5.32 Å². The van der Waals surface area contributed by atoms with E-state index in [2.05, 4.69) is 5.32 Å². The van der Waals surface area contributed by atoms with Gasteiger partial charge in [-0.05, 0) is 32.2 Å². The second-order valence-electron chi connectivity index (χ2n) is 5.53. The van der Waals surface area contributed by atoms with Crippen LogP contribution in [0.4, 0.5) is 0 Å². The number of aliphatic hydroxyl groups is 2. The van der Waals surface area contributed by atoms with Crippen LogP contribution in [0.1, 0.15) is 26.2 Å². The zero-order valence-corrected chi connectivity index (χ0v) is 10.4. The summed E-state index contributed by atoms with van der Waals surface area (Å²) in [5.41, 5.74) is 5.72. The summed E-state index contributed by atoms with van der Waals surface area (Å²) < 4.78 is 5.63. The van der Waals surface area contributed by atoms with Crippen molar-refractivity contribution in [1.29, 1.82) is 0 Å². The molecule has 5 nitrogen and oxygen atoms in total. The van der Waals surface area contributed by atoms with Crippen molar-refractivity contribution >= 4 is 0 Å². The Balaban J connectivity index is 1.67. The maximum atomic E-state index is 9.80. The molecule has 2 rings (SSSR count). The first-order chi connectivity index (χ1) is 8.06. The van der Waals surface area contributed by atoms with Crippen LogP contribution in [0.2, 0.25) is 0 Å². The number of ether oxygens (including phenoxy) is 1. The molecule has 5 N–H and O–H groups in total. The zero-order chi connectivity index (χ0) is 12.4. The monoisotopic (exact) mass is 244 g/mol. The Kier molecular flexibility index (Phi) is 4.38. The van der Waals surface area contributed by atoms with Crippen molar-refractivity contribution in [3.63, 3.8) is 0 Å². The lowest BCUT2D eigenvalue weighted by Crippen LogP contribution is -2.52. The van der Waals surface area contributed by atoms with Gasteiger partial charge in [-0.3, -0.25) is 0 Å². The first-order valence-corrected chi connectivity index (χ1v) is 6.54. The first-order valence-electron chi connectivity index (χ1n) is 6.54. The van der Waals surface area contributed by atoms with Gasteiger partial charge in [-0.25, -0.2) is 0 Å². The average molecular weight is 244 g/mol. The minimum absolute atomic E-state index is 0.0114. The third-order valence-electron chi connectivity index (χ3n) is 3.81. The van der Waals surface area contributed by atoms with E-state index in [1.54, 1.807) is 0 Å². The Morgan fingerprint density at radius 2 is 1.94 bits per heavy atom. The van der Waals surface area contributed by atoms with Crippen LogP contribution in [0, 0.1) is 5.92 Å². The largest absolute Gasteiger partial charge is 0.390 e. The molecule has 1 saturated carbocycles. The topological polar surface area (TPSA) is 87.7 Å². The van der Waals surface area contributed by atoms with Crippen LogP contribution in [0.25, 0.3) is 0 Å². The summed E-state index contributed by atoms with van der Waals surface area (Å²) in [4.78, 5) is 0. The number of hydrogen-bond acceptors (Lipinski definition) is 5. The summed E-state index contributed by atoms with van der Waals surface area (Å²) in [6.45, 7) is 3.44. The van der Waals surface area contributed by atoms with Crippen molar-refractivity contribution in [2.75, 3.05) is 13.1 Å². The van der Waals surface area contributed by atoms with Gasteiger partial charge in [-0.15, -0.1) is 0 Å². The quantitative estimate of drug-likeness (QED) is 0.521. The van der Waals surface area contributed by atoms with Gasteiger partial charge in [0.25, 0.3) is 0 Å². The van der Waals surface area contributed by atoms with Crippen LogP contribution >= 0.6 is 0 Å². The SMILES string of the molecule is C[C@@H]1CC(O)[C@H](O)C(CNCC2CC(N)C2)O1. The van der Waals surface area contributed by atoms with Crippen LogP contribution in [-0.4, -0.2) is 53.8 Å². The summed E-state index contributed by atoms with van der Waals surface area (Å²) in [6, 6.07) is 0.375. The molecule has 1 aliphatic heterocycles. The number of aliphatic hydroxyl groups excluding tert-OH is 2. The maximum Gasteiger partial charge on any atom is 0.107 e. The van der Waals surface area contributed by atoms with Crippen LogP contribution in [0.15, 0.2) is 0 Å². The molecule has 17 heavy (non-hydrogen) atoms. The molecule has 0 bridgehead atoms. The van der Waals surface area contributed by atoms with Gasteiger partial charge in [0.1, 0.15) is 6.10 Å². The highest BCUT2D eigenvalue weighted by atomic mass is 16.5. The molecule has 1 aliphatic carbocycles. The van der Waals surface area contributed by atoms with Crippen LogP contribution in [0.5, 0.6) is 0 Å². The lowest BCUT2D eigenvalue weighted by molar-refractivity contribution is -0.161. The highest BCUT2D eigenvalue weighted by Gasteiger charge is 2.35. The van der Waals surface area contributed by atoms with Crippen molar-refractivity contribution in [3.8, 4) is 0 Å². The fourth-order valence-electron chi connectivity index (χ4n) is 2.71. The van der Waals surface area contributed by atoms with E-state index in [4.69, 9.17) is 10.5 Å². The Labute approximate surface area is 102 Å². The molecule has 1 saturated heterocycles. The molecule has 1 heterocycles. The van der Waals surface area contributed by atoms with Crippen molar-refractivity contribution in [3.05, 3.63) is 0 Å². The van der Waals surface area contributed by atoms with Gasteiger partial charge in [-0.1, -0.05) is 0 Å². The lowest BCUT2D eigenvalue weighted by atomic mass is 9.81. The Morgan fingerprint density at radius 3 is 2.59 bits per heavy atom. The highest BCUT2D eigenvalue weighted by molar-refractivity contribution is 4.87. The molecular weight excluding hydrogens is 220 g/mol. The molecule has 0 radical (unpaired) electrons. The smallest absolute Gasteiger partial charge is 0.107 e. The predicted molar refractivity (Wildman–Crippen MR) is 64.5 cm³/mol. The standard InChI is InChI=1S/C12H24N2O3/c1-7-2-10(15)12(16)11(17-7)6-14-5-8-3-9(13)4-8/h7-12,14-16H,2-6,13H2,1H3/t7-,8?,9?,10?,11?,12+/m1/s1. The molecule has 0 aromatic rings. The highest BCUT2D eigenvalue weighted by Crippen LogP contribution is 2.25. The van der Waals surface area contributed by atoms with Crippen molar-refractivity contribution in [2.45, 2.75) is 56.6 Å². The van der Waals surface area contributed by atoms with Crippen LogP contribution in [-0.2, 0) is 4.74 Å². The van der Waals surface area contributed by atoms with E-state index >= 15 is 0 Å². The number of hydrogen-bond donors (Lipinski definition) is 4. The second kappa shape index (κ2) is 5.63. The molecule has 5 heteroatoms. The average Bonchev–Trinajstić information content (AvgIpc) is 2.22. The molecule has 2 fully saturated rings. The molecule has 0 aromatic heterocycles. The van der Waals surface area contributed by atoms with E-state index in [1.807, 2.05) is 6.92 Å². The Bertz CT molecular complexity index is 246. The molecule has 0 spiro atoms. The minimum atomic E-state index is -0.776. The fraction of sp³-hybridized carbons (Fsp3) is 1.00. The first kappa shape index (κ1) is 13.2. The van der Waals surface area contributed by atoms with E-state index in [9.17, 15) is 10.2 Å². The van der Waals surface area contributed by atoms with Gasteiger partial charge in [0.05, 0.1) is 18.3 Å². The molecule has 100 valence electrons. The van der Waals surface area contributed by atoms with E-state index in [0.717, 1.165) is 19.4 Å². The molecular formula is C12H24N2O3. The van der Waals surface area contributed by atoms with Crippen LogP contribution in [0.3, 0.4) is 0 Å². The van der Waals surface area contributed by atoms with Gasteiger partial charge in [-0.2, -0.15) is 0 Å². The molecule has 0 amide bonds. The van der Waals surface area contributed by atoms with E-state index in [0.29, 0.717) is 24.9 Å². The van der Waals surface area contributed by atoms with Crippen molar-refractivity contribution in [2.24, 2.45) is 11.7 Å². The lowest BCUT2D eigenvalue weighted by Gasteiger charge is -2.37. The third-order valence-corrected chi connectivity index (χ3v) is 3.81. The van der Waals surface area contributed by atoms with E-state index in [-0.39, 0.29) is 12.2 Å². The molecule has 4 atom stereocenters. The maximum absolute atomic E-state index is 9.80. The number of nitrogens with two attached hydrogens (primary N) is 1. The minimum Gasteiger partial charge on any atom is -0.390 e. The normalized spacial score (nSPS) is 46.6. The van der Waals surface area contributed by atoms with E-state index < -0.39 is 12.2 Å². The second-order valence-corrected chi connectivity index (χ2v) is 5.53. The van der Waals surface area contributed by atoms with Gasteiger partial charge in [0.2, 0.25) is 0 Å². The van der Waals surface area contributed by atoms with Crippen molar-refractivity contribution < 1.29 is 14.9 Å².